The summed E-state index contributed by atoms with van der Waals surface area (Å²) in [4.78, 5) is 11.4. The molecule has 0 saturated heterocycles. The lowest BCUT2D eigenvalue weighted by molar-refractivity contribution is -0.139. The van der Waals surface area contributed by atoms with Crippen LogP contribution in [0.25, 0.3) is 0 Å². The summed E-state index contributed by atoms with van der Waals surface area (Å²) in [6.45, 7) is 3.78. The second kappa shape index (κ2) is 6.06. The molecule has 0 aliphatic heterocycles. The topological polar surface area (TPSA) is 83.5 Å². The molecule has 0 aliphatic rings. The molecule has 0 amide bonds. The Morgan fingerprint density at radius 3 is 2.21 bits per heavy atom. The van der Waals surface area contributed by atoms with E-state index in [0.29, 0.717) is 5.69 Å². The molecule has 0 aliphatic carbocycles. The standard InChI is InChI=1S/C13H19NO4S/c1-4-9(2)12(13(15)16)14-10-5-7-11(8-6-10)19(3,17)18/h5-9,12,14H,4H2,1-3H3,(H,15,16)/t9-,12-/m0/s1. The summed E-state index contributed by atoms with van der Waals surface area (Å²) in [5, 5.41) is 12.1. The van der Waals surface area contributed by atoms with Gasteiger partial charge in [-0.3, -0.25) is 0 Å². The van der Waals surface area contributed by atoms with Crippen molar-refractivity contribution in [2.45, 2.75) is 31.2 Å². The van der Waals surface area contributed by atoms with Gasteiger partial charge >= 0.3 is 5.97 Å². The fourth-order valence-electron chi connectivity index (χ4n) is 1.66. The quantitative estimate of drug-likeness (QED) is 0.835. The summed E-state index contributed by atoms with van der Waals surface area (Å²) >= 11 is 0. The van der Waals surface area contributed by atoms with E-state index in [9.17, 15) is 13.2 Å². The maximum Gasteiger partial charge on any atom is 0.326 e. The fraction of sp³-hybridized carbons (Fsp3) is 0.462. The zero-order valence-corrected chi connectivity index (χ0v) is 12.1. The minimum absolute atomic E-state index is 0.0212. The lowest BCUT2D eigenvalue weighted by Gasteiger charge is -2.21. The number of carboxylic acid groups (broad SMARTS) is 1. The van der Waals surface area contributed by atoms with Gasteiger partial charge < -0.3 is 10.4 Å². The van der Waals surface area contributed by atoms with Crippen molar-refractivity contribution in [1.29, 1.82) is 0 Å². The predicted molar refractivity (Wildman–Crippen MR) is 74.1 cm³/mol. The van der Waals surface area contributed by atoms with Crippen LogP contribution < -0.4 is 5.32 Å². The second-order valence-electron chi connectivity index (χ2n) is 4.64. The molecular formula is C13H19NO4S. The van der Waals surface area contributed by atoms with E-state index in [0.717, 1.165) is 12.7 Å². The maximum absolute atomic E-state index is 11.3. The molecule has 0 heterocycles. The monoisotopic (exact) mass is 285 g/mol. The van der Waals surface area contributed by atoms with Crippen LogP contribution in [0.5, 0.6) is 0 Å². The number of rotatable bonds is 6. The number of aliphatic carboxylic acids is 1. The lowest BCUT2D eigenvalue weighted by Crippen LogP contribution is -2.35. The Labute approximate surface area is 113 Å². The molecule has 1 aromatic carbocycles. The molecule has 106 valence electrons. The van der Waals surface area contributed by atoms with Crippen molar-refractivity contribution in [2.75, 3.05) is 11.6 Å². The van der Waals surface area contributed by atoms with Crippen molar-refractivity contribution >= 4 is 21.5 Å². The second-order valence-corrected chi connectivity index (χ2v) is 6.66. The first-order chi connectivity index (χ1) is 8.75. The first-order valence-electron chi connectivity index (χ1n) is 6.05. The number of anilines is 1. The number of carboxylic acids is 1. The zero-order valence-electron chi connectivity index (χ0n) is 11.3. The summed E-state index contributed by atoms with van der Waals surface area (Å²) in [5.74, 6) is -0.936. The number of hydrogen-bond acceptors (Lipinski definition) is 4. The van der Waals surface area contributed by atoms with Crippen LogP contribution in [-0.2, 0) is 14.6 Å². The van der Waals surface area contributed by atoms with Crippen LogP contribution in [0.4, 0.5) is 5.69 Å². The normalized spacial score (nSPS) is 14.7. The van der Waals surface area contributed by atoms with E-state index < -0.39 is 21.8 Å². The summed E-state index contributed by atoms with van der Waals surface area (Å²) in [6, 6.07) is 5.40. The van der Waals surface area contributed by atoms with Crippen molar-refractivity contribution < 1.29 is 18.3 Å². The lowest BCUT2D eigenvalue weighted by atomic mass is 9.99. The summed E-state index contributed by atoms with van der Waals surface area (Å²) in [6.07, 6.45) is 1.88. The zero-order chi connectivity index (χ0) is 14.6. The largest absolute Gasteiger partial charge is 0.480 e. The van der Waals surface area contributed by atoms with Crippen molar-refractivity contribution in [3.05, 3.63) is 24.3 Å². The van der Waals surface area contributed by atoms with Gasteiger partial charge in [-0.25, -0.2) is 13.2 Å². The summed E-state index contributed by atoms with van der Waals surface area (Å²) < 4.78 is 22.6. The number of benzene rings is 1. The van der Waals surface area contributed by atoms with Gasteiger partial charge in [0.15, 0.2) is 9.84 Å². The van der Waals surface area contributed by atoms with Gasteiger partial charge in [0.25, 0.3) is 0 Å². The van der Waals surface area contributed by atoms with E-state index in [1.54, 1.807) is 12.1 Å². The molecule has 0 bridgehead atoms. The van der Waals surface area contributed by atoms with Crippen LogP contribution in [-0.4, -0.2) is 31.8 Å². The Kier molecular flexibility index (Phi) is 4.94. The fourth-order valence-corrected chi connectivity index (χ4v) is 2.29. The Hall–Kier alpha value is -1.56. The highest BCUT2D eigenvalue weighted by Crippen LogP contribution is 2.18. The Bertz CT molecular complexity index is 536. The van der Waals surface area contributed by atoms with E-state index in [1.807, 2.05) is 13.8 Å². The third-order valence-corrected chi connectivity index (χ3v) is 4.21. The average molecular weight is 285 g/mol. The molecule has 0 spiro atoms. The van der Waals surface area contributed by atoms with Crippen molar-refractivity contribution in [1.82, 2.24) is 0 Å². The number of hydrogen-bond donors (Lipinski definition) is 2. The number of nitrogens with one attached hydrogen (secondary N) is 1. The van der Waals surface area contributed by atoms with Gasteiger partial charge in [-0.1, -0.05) is 20.3 Å². The van der Waals surface area contributed by atoms with Crippen LogP contribution >= 0.6 is 0 Å². The van der Waals surface area contributed by atoms with Crippen LogP contribution in [0.15, 0.2) is 29.2 Å². The molecule has 0 fully saturated rings. The molecule has 1 aromatic rings. The number of carbonyl (C=O) groups is 1. The Morgan fingerprint density at radius 2 is 1.84 bits per heavy atom. The van der Waals surface area contributed by atoms with Crippen LogP contribution in [0, 0.1) is 5.92 Å². The number of sulfone groups is 1. The molecule has 0 saturated carbocycles. The predicted octanol–water partition coefficient (Wildman–Crippen LogP) is 2.00. The molecular weight excluding hydrogens is 266 g/mol. The van der Waals surface area contributed by atoms with Gasteiger partial charge in [0.05, 0.1) is 4.90 Å². The van der Waals surface area contributed by atoms with Gasteiger partial charge in [0.2, 0.25) is 0 Å². The van der Waals surface area contributed by atoms with Crippen LogP contribution in [0.2, 0.25) is 0 Å². The van der Waals surface area contributed by atoms with E-state index in [1.165, 1.54) is 12.1 Å². The molecule has 2 atom stereocenters. The molecule has 5 nitrogen and oxygen atoms in total. The minimum atomic E-state index is -3.23. The molecule has 1 rings (SSSR count). The first-order valence-corrected chi connectivity index (χ1v) is 7.94. The van der Waals surface area contributed by atoms with Gasteiger partial charge in [-0.05, 0) is 30.2 Å². The Morgan fingerprint density at radius 1 is 1.32 bits per heavy atom. The van der Waals surface area contributed by atoms with Crippen molar-refractivity contribution in [3.63, 3.8) is 0 Å². The minimum Gasteiger partial charge on any atom is -0.480 e. The summed E-state index contributed by atoms with van der Waals surface area (Å²) in [7, 11) is -3.23. The van der Waals surface area contributed by atoms with E-state index >= 15 is 0 Å². The SMILES string of the molecule is CC[C@H](C)[C@H](Nc1ccc(S(C)(=O)=O)cc1)C(=O)O. The third kappa shape index (κ3) is 4.24. The smallest absolute Gasteiger partial charge is 0.326 e. The van der Waals surface area contributed by atoms with Crippen LogP contribution in [0.1, 0.15) is 20.3 Å². The van der Waals surface area contributed by atoms with Gasteiger partial charge in [0, 0.05) is 11.9 Å². The molecule has 0 radical (unpaired) electrons. The highest BCUT2D eigenvalue weighted by Gasteiger charge is 2.23. The highest BCUT2D eigenvalue weighted by molar-refractivity contribution is 7.90. The van der Waals surface area contributed by atoms with Gasteiger partial charge in [-0.2, -0.15) is 0 Å². The molecule has 6 heteroatoms. The highest BCUT2D eigenvalue weighted by atomic mass is 32.2. The summed E-state index contributed by atoms with van der Waals surface area (Å²) in [5.41, 5.74) is 0.597. The molecule has 0 unspecified atom stereocenters. The first kappa shape index (κ1) is 15.5. The molecule has 2 N–H and O–H groups in total. The maximum atomic E-state index is 11.3. The van der Waals surface area contributed by atoms with Crippen molar-refractivity contribution in [2.24, 2.45) is 5.92 Å². The third-order valence-electron chi connectivity index (χ3n) is 3.08. The van der Waals surface area contributed by atoms with Gasteiger partial charge in [0.1, 0.15) is 6.04 Å². The molecule has 19 heavy (non-hydrogen) atoms. The Balaban J connectivity index is 2.90. The molecule has 0 aromatic heterocycles. The van der Waals surface area contributed by atoms with Crippen LogP contribution in [0.3, 0.4) is 0 Å². The van der Waals surface area contributed by atoms with E-state index in [-0.39, 0.29) is 10.8 Å². The van der Waals surface area contributed by atoms with Crippen molar-refractivity contribution in [3.8, 4) is 0 Å². The van der Waals surface area contributed by atoms with E-state index in [2.05, 4.69) is 5.32 Å². The van der Waals surface area contributed by atoms with Gasteiger partial charge in [-0.15, -0.1) is 0 Å². The van der Waals surface area contributed by atoms with E-state index in [4.69, 9.17) is 5.11 Å². The average Bonchev–Trinajstić information content (AvgIpc) is 2.34.